The molecule has 0 saturated heterocycles. The number of hydrogen-bond acceptors (Lipinski definition) is 3. The highest BCUT2D eigenvalue weighted by molar-refractivity contribution is 6.04. The third-order valence-electron chi connectivity index (χ3n) is 2.19. The van der Waals surface area contributed by atoms with E-state index in [0.717, 1.165) is 0 Å². The van der Waals surface area contributed by atoms with Crippen molar-refractivity contribution >= 4 is 22.9 Å². The monoisotopic (exact) mass is 220 g/mol. The van der Waals surface area contributed by atoms with E-state index in [1.54, 1.807) is 24.3 Å². The molecule has 2 aromatic rings. The molecule has 0 radical (unpaired) electrons. The molecule has 82 valence electrons. The SMILES string of the molecule is O=C(O)Cc1oc2ccccc2c1C(=O)O. The summed E-state index contributed by atoms with van der Waals surface area (Å²) in [5, 5.41) is 18.1. The molecule has 0 aliphatic heterocycles. The van der Waals surface area contributed by atoms with E-state index in [9.17, 15) is 9.59 Å². The van der Waals surface area contributed by atoms with Gasteiger partial charge in [-0.3, -0.25) is 4.79 Å². The minimum atomic E-state index is -1.18. The normalized spacial score (nSPS) is 10.5. The second-order valence-corrected chi connectivity index (χ2v) is 3.27. The summed E-state index contributed by atoms with van der Waals surface area (Å²) < 4.78 is 5.21. The second-order valence-electron chi connectivity index (χ2n) is 3.27. The number of fused-ring (bicyclic) bond motifs is 1. The molecule has 0 amide bonds. The molecule has 16 heavy (non-hydrogen) atoms. The summed E-state index contributed by atoms with van der Waals surface area (Å²) >= 11 is 0. The van der Waals surface area contributed by atoms with Gasteiger partial charge in [0.2, 0.25) is 0 Å². The van der Waals surface area contributed by atoms with E-state index >= 15 is 0 Å². The minimum absolute atomic E-state index is 0.0267. The second kappa shape index (κ2) is 3.69. The molecule has 5 nitrogen and oxygen atoms in total. The Kier molecular flexibility index (Phi) is 2.36. The van der Waals surface area contributed by atoms with E-state index in [1.165, 1.54) is 0 Å². The Morgan fingerprint density at radius 2 is 1.88 bits per heavy atom. The van der Waals surface area contributed by atoms with Gasteiger partial charge in [-0.05, 0) is 6.07 Å². The summed E-state index contributed by atoms with van der Waals surface area (Å²) in [6, 6.07) is 6.57. The first-order chi connectivity index (χ1) is 7.59. The van der Waals surface area contributed by atoms with Gasteiger partial charge in [-0.15, -0.1) is 0 Å². The zero-order valence-corrected chi connectivity index (χ0v) is 8.14. The fraction of sp³-hybridized carbons (Fsp3) is 0.0909. The Bertz CT molecular complexity index is 567. The number of aliphatic carboxylic acids is 1. The lowest BCUT2D eigenvalue weighted by molar-refractivity contribution is -0.136. The number of aromatic carboxylic acids is 1. The van der Waals surface area contributed by atoms with Crippen molar-refractivity contribution in [1.29, 1.82) is 0 Å². The predicted octanol–water partition coefficient (Wildman–Crippen LogP) is 1.76. The number of carboxylic acids is 2. The molecule has 1 aromatic heterocycles. The Morgan fingerprint density at radius 1 is 1.19 bits per heavy atom. The van der Waals surface area contributed by atoms with Crippen molar-refractivity contribution in [2.75, 3.05) is 0 Å². The zero-order chi connectivity index (χ0) is 11.7. The Labute approximate surface area is 89.9 Å². The Hall–Kier alpha value is -2.30. The van der Waals surface area contributed by atoms with Crippen LogP contribution in [0.4, 0.5) is 0 Å². The maximum Gasteiger partial charge on any atom is 0.339 e. The first-order valence-electron chi connectivity index (χ1n) is 4.55. The van der Waals surface area contributed by atoms with Crippen LogP contribution in [0.2, 0.25) is 0 Å². The number of carbonyl (C=O) groups is 2. The van der Waals surface area contributed by atoms with Crippen LogP contribution in [0.1, 0.15) is 16.1 Å². The fourth-order valence-electron chi connectivity index (χ4n) is 1.59. The lowest BCUT2D eigenvalue weighted by Crippen LogP contribution is -2.05. The summed E-state index contributed by atoms with van der Waals surface area (Å²) in [4.78, 5) is 21.6. The lowest BCUT2D eigenvalue weighted by atomic mass is 10.1. The fourth-order valence-corrected chi connectivity index (χ4v) is 1.59. The third kappa shape index (κ3) is 1.63. The summed E-state index contributed by atoms with van der Waals surface area (Å²) in [6.07, 6.45) is -0.434. The molecule has 0 aliphatic carbocycles. The zero-order valence-electron chi connectivity index (χ0n) is 8.14. The van der Waals surface area contributed by atoms with Crippen LogP contribution in [-0.2, 0) is 11.2 Å². The van der Waals surface area contributed by atoms with Crippen molar-refractivity contribution < 1.29 is 24.2 Å². The Morgan fingerprint density at radius 3 is 2.50 bits per heavy atom. The number of furan rings is 1. The van der Waals surface area contributed by atoms with Crippen LogP contribution in [0.3, 0.4) is 0 Å². The highest BCUT2D eigenvalue weighted by Gasteiger charge is 2.21. The molecule has 0 unspecified atom stereocenters. The molecular formula is C11H8O5. The molecule has 1 aromatic carbocycles. The van der Waals surface area contributed by atoms with E-state index in [1.807, 2.05) is 0 Å². The van der Waals surface area contributed by atoms with Crippen molar-refractivity contribution in [2.24, 2.45) is 0 Å². The van der Waals surface area contributed by atoms with Gasteiger partial charge in [0, 0.05) is 5.39 Å². The van der Waals surface area contributed by atoms with Crippen LogP contribution in [0.25, 0.3) is 11.0 Å². The van der Waals surface area contributed by atoms with Crippen LogP contribution >= 0.6 is 0 Å². The van der Waals surface area contributed by atoms with Crippen LogP contribution in [-0.4, -0.2) is 22.2 Å². The number of hydrogen-bond donors (Lipinski definition) is 2. The van der Waals surface area contributed by atoms with Gasteiger partial charge >= 0.3 is 11.9 Å². The van der Waals surface area contributed by atoms with E-state index < -0.39 is 18.4 Å². The summed E-state index contributed by atoms with van der Waals surface area (Å²) in [6.45, 7) is 0. The number of benzene rings is 1. The van der Waals surface area contributed by atoms with Crippen molar-refractivity contribution in [1.82, 2.24) is 0 Å². The quantitative estimate of drug-likeness (QED) is 0.822. The predicted molar refractivity (Wildman–Crippen MR) is 54.5 cm³/mol. The summed E-state index contributed by atoms with van der Waals surface area (Å²) in [5.74, 6) is -2.33. The van der Waals surface area contributed by atoms with Gasteiger partial charge < -0.3 is 14.6 Å². The molecular weight excluding hydrogens is 212 g/mol. The van der Waals surface area contributed by atoms with E-state index in [-0.39, 0.29) is 11.3 Å². The molecule has 0 aliphatic rings. The molecule has 5 heteroatoms. The van der Waals surface area contributed by atoms with Crippen molar-refractivity contribution in [3.8, 4) is 0 Å². The van der Waals surface area contributed by atoms with E-state index in [4.69, 9.17) is 14.6 Å². The van der Waals surface area contributed by atoms with Crippen LogP contribution < -0.4 is 0 Å². The number of para-hydroxylation sites is 1. The number of rotatable bonds is 3. The van der Waals surface area contributed by atoms with Crippen molar-refractivity contribution in [3.63, 3.8) is 0 Å². The Balaban J connectivity index is 2.68. The molecule has 1 heterocycles. The van der Waals surface area contributed by atoms with E-state index in [2.05, 4.69) is 0 Å². The van der Waals surface area contributed by atoms with Gasteiger partial charge in [-0.2, -0.15) is 0 Å². The van der Waals surface area contributed by atoms with Crippen LogP contribution in [0.5, 0.6) is 0 Å². The highest BCUT2D eigenvalue weighted by atomic mass is 16.4. The maximum atomic E-state index is 11.0. The van der Waals surface area contributed by atoms with Gasteiger partial charge in [-0.25, -0.2) is 4.79 Å². The van der Waals surface area contributed by atoms with E-state index in [0.29, 0.717) is 11.0 Å². The minimum Gasteiger partial charge on any atom is -0.481 e. The number of carboxylic acid groups (broad SMARTS) is 2. The standard InChI is InChI=1S/C11H8O5/c12-9(13)5-8-10(11(14)15)6-3-1-2-4-7(6)16-8/h1-4H,5H2,(H,12,13)(H,14,15). The van der Waals surface area contributed by atoms with Gasteiger partial charge in [0.1, 0.15) is 23.3 Å². The summed E-state index contributed by atoms with van der Waals surface area (Å²) in [5.41, 5.74) is 0.314. The van der Waals surface area contributed by atoms with Crippen LogP contribution in [0.15, 0.2) is 28.7 Å². The van der Waals surface area contributed by atoms with Crippen molar-refractivity contribution in [2.45, 2.75) is 6.42 Å². The van der Waals surface area contributed by atoms with Gasteiger partial charge in [-0.1, -0.05) is 18.2 Å². The molecule has 2 rings (SSSR count). The van der Waals surface area contributed by atoms with Crippen molar-refractivity contribution in [3.05, 3.63) is 35.6 Å². The maximum absolute atomic E-state index is 11.0. The average Bonchev–Trinajstić information content (AvgIpc) is 2.53. The highest BCUT2D eigenvalue weighted by Crippen LogP contribution is 2.26. The molecule has 0 saturated carbocycles. The van der Waals surface area contributed by atoms with Crippen LogP contribution in [0, 0.1) is 0 Å². The molecule has 0 bridgehead atoms. The van der Waals surface area contributed by atoms with Gasteiger partial charge in [0.15, 0.2) is 0 Å². The third-order valence-corrected chi connectivity index (χ3v) is 2.19. The topological polar surface area (TPSA) is 87.7 Å². The molecule has 2 N–H and O–H groups in total. The smallest absolute Gasteiger partial charge is 0.339 e. The first-order valence-corrected chi connectivity index (χ1v) is 4.55. The molecule has 0 atom stereocenters. The van der Waals surface area contributed by atoms with Gasteiger partial charge in [0.25, 0.3) is 0 Å². The van der Waals surface area contributed by atoms with Gasteiger partial charge in [0.05, 0.1) is 0 Å². The lowest BCUT2D eigenvalue weighted by Gasteiger charge is -1.93. The molecule has 0 fully saturated rings. The largest absolute Gasteiger partial charge is 0.481 e. The first kappa shape index (κ1) is 10.2. The summed E-state index contributed by atoms with van der Waals surface area (Å²) in [7, 11) is 0. The molecule has 0 spiro atoms. The average molecular weight is 220 g/mol.